The molecule has 0 aliphatic rings. The summed E-state index contributed by atoms with van der Waals surface area (Å²) in [6.45, 7) is 4.86. The van der Waals surface area contributed by atoms with Crippen molar-refractivity contribution >= 4 is 17.2 Å². The molecule has 1 aromatic heterocycles. The number of rotatable bonds is 6. The molecule has 0 aliphatic carbocycles. The van der Waals surface area contributed by atoms with E-state index < -0.39 is 0 Å². The van der Waals surface area contributed by atoms with Crippen molar-refractivity contribution in [2.24, 2.45) is 10.9 Å². The van der Waals surface area contributed by atoms with Crippen LogP contribution >= 0.6 is 11.3 Å². The number of hydrogen-bond donors (Lipinski definition) is 3. The lowest BCUT2D eigenvalue weighted by molar-refractivity contribution is 0.316. The minimum absolute atomic E-state index is 0.205. The van der Waals surface area contributed by atoms with Crippen LogP contribution in [0.3, 0.4) is 0 Å². The maximum Gasteiger partial charge on any atom is 0.140 e. The van der Waals surface area contributed by atoms with Gasteiger partial charge in [-0.1, -0.05) is 12.1 Å². The van der Waals surface area contributed by atoms with Crippen LogP contribution in [0.4, 0.5) is 0 Å². The van der Waals surface area contributed by atoms with Gasteiger partial charge >= 0.3 is 0 Å². The second kappa shape index (κ2) is 6.44. The van der Waals surface area contributed by atoms with E-state index in [1.165, 1.54) is 4.88 Å². The zero-order chi connectivity index (χ0) is 12.0. The van der Waals surface area contributed by atoms with Gasteiger partial charge in [0.25, 0.3) is 0 Å². The van der Waals surface area contributed by atoms with Crippen LogP contribution in [0, 0.1) is 0 Å². The number of hydrogen-bond acceptors (Lipinski definition) is 5. The highest BCUT2D eigenvalue weighted by Crippen LogP contribution is 2.19. The van der Waals surface area contributed by atoms with Gasteiger partial charge in [0.2, 0.25) is 0 Å². The summed E-state index contributed by atoms with van der Waals surface area (Å²) in [6.07, 6.45) is 3.48. The molecule has 1 unspecified atom stereocenters. The van der Waals surface area contributed by atoms with Gasteiger partial charge in [0.15, 0.2) is 0 Å². The van der Waals surface area contributed by atoms with Crippen molar-refractivity contribution in [3.63, 3.8) is 0 Å². The Kier molecular flexibility index (Phi) is 5.21. The molecular formula is C10H18N4OS. The zero-order valence-electron chi connectivity index (χ0n) is 9.60. The molecule has 1 aromatic rings. The Morgan fingerprint density at radius 2 is 2.50 bits per heavy atom. The van der Waals surface area contributed by atoms with E-state index in [4.69, 9.17) is 10.9 Å². The predicted molar refractivity (Wildman–Crippen MR) is 65.9 cm³/mol. The van der Waals surface area contributed by atoms with E-state index in [1.807, 2.05) is 6.20 Å². The Balaban J connectivity index is 2.37. The molecule has 0 aromatic carbocycles. The van der Waals surface area contributed by atoms with Crippen LogP contribution in [0.25, 0.3) is 0 Å². The molecule has 1 rings (SSSR count). The number of nitrogens with two attached hydrogens (primary N) is 1. The molecule has 16 heavy (non-hydrogen) atoms. The summed E-state index contributed by atoms with van der Waals surface area (Å²) in [7, 11) is 0. The molecule has 0 amide bonds. The highest BCUT2D eigenvalue weighted by atomic mass is 32.1. The SMILES string of the molecule is CCc1cnc(C(C)NCCC(N)=NO)s1. The summed E-state index contributed by atoms with van der Waals surface area (Å²) in [6, 6.07) is 0.205. The quantitative estimate of drug-likeness (QED) is 0.305. The lowest BCUT2D eigenvalue weighted by atomic mass is 10.3. The summed E-state index contributed by atoms with van der Waals surface area (Å²) in [4.78, 5) is 5.64. The highest BCUT2D eigenvalue weighted by Gasteiger charge is 2.09. The van der Waals surface area contributed by atoms with Gasteiger partial charge in [-0.05, 0) is 13.3 Å². The van der Waals surface area contributed by atoms with Crippen LogP contribution < -0.4 is 11.1 Å². The minimum Gasteiger partial charge on any atom is -0.409 e. The maximum atomic E-state index is 8.38. The number of aromatic nitrogens is 1. The summed E-state index contributed by atoms with van der Waals surface area (Å²) in [5.41, 5.74) is 5.37. The molecule has 0 bridgehead atoms. The monoisotopic (exact) mass is 242 g/mol. The Labute approximate surface area is 99.4 Å². The average molecular weight is 242 g/mol. The second-order valence-corrected chi connectivity index (χ2v) is 4.68. The summed E-state index contributed by atoms with van der Waals surface area (Å²) >= 11 is 1.72. The van der Waals surface area contributed by atoms with E-state index >= 15 is 0 Å². The number of nitrogens with one attached hydrogen (secondary N) is 1. The minimum atomic E-state index is 0.205. The van der Waals surface area contributed by atoms with Gasteiger partial charge in [-0.2, -0.15) is 0 Å². The first-order chi connectivity index (χ1) is 7.67. The summed E-state index contributed by atoms with van der Waals surface area (Å²) < 4.78 is 0. The first-order valence-electron chi connectivity index (χ1n) is 5.31. The first kappa shape index (κ1) is 12.9. The molecule has 0 saturated heterocycles. The van der Waals surface area contributed by atoms with Gasteiger partial charge in [-0.15, -0.1) is 11.3 Å². The van der Waals surface area contributed by atoms with Crippen LogP contribution in [0.1, 0.15) is 36.2 Å². The molecule has 0 saturated carbocycles. The smallest absolute Gasteiger partial charge is 0.140 e. The topological polar surface area (TPSA) is 83.5 Å². The normalized spacial score (nSPS) is 14.0. The fourth-order valence-electron chi connectivity index (χ4n) is 1.24. The Morgan fingerprint density at radius 1 is 1.75 bits per heavy atom. The summed E-state index contributed by atoms with van der Waals surface area (Å²) in [5.74, 6) is 0.244. The number of thiazole rings is 1. The molecule has 1 heterocycles. The molecule has 90 valence electrons. The van der Waals surface area contributed by atoms with Crippen LogP contribution in [-0.4, -0.2) is 22.6 Å². The van der Waals surface area contributed by atoms with Crippen LogP contribution in [-0.2, 0) is 6.42 Å². The number of nitrogens with zero attached hydrogens (tertiary/aromatic N) is 2. The van der Waals surface area contributed by atoms with Gasteiger partial charge in [0.05, 0.1) is 6.04 Å². The van der Waals surface area contributed by atoms with Crippen molar-refractivity contribution in [1.82, 2.24) is 10.3 Å². The number of oxime groups is 1. The fourth-order valence-corrected chi connectivity index (χ4v) is 2.12. The maximum absolute atomic E-state index is 8.38. The first-order valence-corrected chi connectivity index (χ1v) is 6.13. The van der Waals surface area contributed by atoms with E-state index in [1.54, 1.807) is 11.3 Å². The van der Waals surface area contributed by atoms with Crippen LogP contribution in [0.5, 0.6) is 0 Å². The van der Waals surface area contributed by atoms with Crippen LogP contribution in [0.15, 0.2) is 11.4 Å². The molecule has 0 spiro atoms. The molecule has 4 N–H and O–H groups in total. The molecule has 1 atom stereocenters. The van der Waals surface area contributed by atoms with E-state index in [0.29, 0.717) is 13.0 Å². The van der Waals surface area contributed by atoms with Crippen molar-refractivity contribution in [2.45, 2.75) is 32.7 Å². The van der Waals surface area contributed by atoms with Crippen molar-refractivity contribution in [1.29, 1.82) is 0 Å². The molecule has 0 radical (unpaired) electrons. The predicted octanol–water partition coefficient (Wildman–Crippen LogP) is 1.49. The fraction of sp³-hybridized carbons (Fsp3) is 0.600. The largest absolute Gasteiger partial charge is 0.409 e. The Morgan fingerprint density at radius 3 is 3.06 bits per heavy atom. The standard InChI is InChI=1S/C10H18N4OS/c1-3-8-6-13-10(16-8)7(2)12-5-4-9(11)14-15/h6-7,12,15H,3-5H2,1-2H3,(H2,11,14). The van der Waals surface area contributed by atoms with E-state index in [2.05, 4.69) is 29.3 Å². The Bertz CT molecular complexity index is 350. The molecule has 0 fully saturated rings. The van der Waals surface area contributed by atoms with Gasteiger partial charge in [0, 0.05) is 24.0 Å². The van der Waals surface area contributed by atoms with Gasteiger partial charge in [-0.3, -0.25) is 0 Å². The number of amidine groups is 1. The molecule has 0 aliphatic heterocycles. The lowest BCUT2D eigenvalue weighted by Crippen LogP contribution is -2.24. The molecule has 5 nitrogen and oxygen atoms in total. The van der Waals surface area contributed by atoms with E-state index in [9.17, 15) is 0 Å². The van der Waals surface area contributed by atoms with Gasteiger partial charge in [-0.25, -0.2) is 4.98 Å². The average Bonchev–Trinajstić information content (AvgIpc) is 2.77. The third-order valence-electron chi connectivity index (χ3n) is 2.25. The van der Waals surface area contributed by atoms with Crippen molar-refractivity contribution in [2.75, 3.05) is 6.54 Å². The van der Waals surface area contributed by atoms with Crippen molar-refractivity contribution < 1.29 is 5.21 Å². The van der Waals surface area contributed by atoms with Gasteiger partial charge < -0.3 is 16.3 Å². The lowest BCUT2D eigenvalue weighted by Gasteiger charge is -2.10. The van der Waals surface area contributed by atoms with Gasteiger partial charge in [0.1, 0.15) is 10.8 Å². The highest BCUT2D eigenvalue weighted by molar-refractivity contribution is 7.11. The third kappa shape index (κ3) is 3.79. The Hall–Kier alpha value is -1.14. The van der Waals surface area contributed by atoms with Crippen molar-refractivity contribution in [3.05, 3.63) is 16.1 Å². The summed E-state index contributed by atoms with van der Waals surface area (Å²) in [5, 5.41) is 15.7. The van der Waals surface area contributed by atoms with E-state index in [0.717, 1.165) is 11.4 Å². The van der Waals surface area contributed by atoms with Crippen molar-refractivity contribution in [3.8, 4) is 0 Å². The second-order valence-electron chi connectivity index (χ2n) is 3.54. The van der Waals surface area contributed by atoms with Crippen LogP contribution in [0.2, 0.25) is 0 Å². The third-order valence-corrected chi connectivity index (χ3v) is 3.57. The molecule has 6 heteroatoms. The van der Waals surface area contributed by atoms with E-state index in [-0.39, 0.29) is 11.9 Å². The number of aryl methyl sites for hydroxylation is 1. The molecular weight excluding hydrogens is 224 g/mol. The zero-order valence-corrected chi connectivity index (χ0v) is 10.4.